The lowest BCUT2D eigenvalue weighted by Crippen LogP contribution is -2.02. The van der Waals surface area contributed by atoms with Crippen molar-refractivity contribution >= 4 is 21.6 Å². The van der Waals surface area contributed by atoms with Crippen LogP contribution >= 0.6 is 15.9 Å². The number of nitrogens with one attached hydrogen (secondary N) is 1. The van der Waals surface area contributed by atoms with Gasteiger partial charge in [0.1, 0.15) is 5.82 Å². The second-order valence-corrected chi connectivity index (χ2v) is 5.33. The van der Waals surface area contributed by atoms with Gasteiger partial charge in [0, 0.05) is 6.54 Å². The van der Waals surface area contributed by atoms with Crippen LogP contribution < -0.4 is 14.8 Å². The molecule has 0 saturated carbocycles. The van der Waals surface area contributed by atoms with Crippen molar-refractivity contribution in [3.8, 4) is 17.6 Å². The highest BCUT2D eigenvalue weighted by molar-refractivity contribution is 9.10. The van der Waals surface area contributed by atoms with Crippen LogP contribution in [0, 0.1) is 17.1 Å². The van der Waals surface area contributed by atoms with Crippen LogP contribution in [0.25, 0.3) is 0 Å². The predicted octanol–water partition coefficient (Wildman–Crippen LogP) is 3.80. The number of hydrogen-bond donors (Lipinski definition) is 1. The quantitative estimate of drug-likeness (QED) is 0.916. The zero-order chi connectivity index (χ0) is 14.8. The number of rotatable bonds is 3. The van der Waals surface area contributed by atoms with Gasteiger partial charge in [-0.05, 0) is 51.8 Å². The number of anilines is 1. The first kappa shape index (κ1) is 13.7. The van der Waals surface area contributed by atoms with Gasteiger partial charge in [0.05, 0.1) is 21.8 Å². The fourth-order valence-corrected chi connectivity index (χ4v) is 2.65. The number of benzene rings is 2. The van der Waals surface area contributed by atoms with Crippen molar-refractivity contribution in [2.24, 2.45) is 0 Å². The maximum absolute atomic E-state index is 13.8. The van der Waals surface area contributed by atoms with E-state index < -0.39 is 5.82 Å². The van der Waals surface area contributed by atoms with Gasteiger partial charge in [0.25, 0.3) is 0 Å². The molecule has 3 rings (SSSR count). The van der Waals surface area contributed by atoms with Crippen molar-refractivity contribution in [1.82, 2.24) is 0 Å². The van der Waals surface area contributed by atoms with Gasteiger partial charge in [-0.3, -0.25) is 0 Å². The molecule has 0 bridgehead atoms. The van der Waals surface area contributed by atoms with Gasteiger partial charge in [0.15, 0.2) is 11.5 Å². The summed E-state index contributed by atoms with van der Waals surface area (Å²) in [5.41, 5.74) is 1.57. The molecule has 2 aromatic carbocycles. The van der Waals surface area contributed by atoms with Crippen LogP contribution in [0.3, 0.4) is 0 Å². The fourth-order valence-electron chi connectivity index (χ4n) is 2.05. The minimum absolute atomic E-state index is 0.203. The number of nitriles is 1. The van der Waals surface area contributed by atoms with E-state index in [1.54, 1.807) is 12.1 Å². The van der Waals surface area contributed by atoms with Crippen LogP contribution in [0.2, 0.25) is 0 Å². The number of ether oxygens (including phenoxy) is 2. The van der Waals surface area contributed by atoms with E-state index >= 15 is 0 Å². The molecule has 0 saturated heterocycles. The maximum Gasteiger partial charge on any atom is 0.231 e. The van der Waals surface area contributed by atoms with E-state index in [0.29, 0.717) is 29.3 Å². The summed E-state index contributed by atoms with van der Waals surface area (Å²) >= 11 is 3.41. The van der Waals surface area contributed by atoms with Crippen LogP contribution in [-0.2, 0) is 6.54 Å². The molecule has 21 heavy (non-hydrogen) atoms. The Labute approximate surface area is 129 Å². The van der Waals surface area contributed by atoms with Crippen LogP contribution in [0.4, 0.5) is 10.1 Å². The van der Waals surface area contributed by atoms with Gasteiger partial charge in [-0.1, -0.05) is 0 Å². The number of hydrogen-bond acceptors (Lipinski definition) is 4. The zero-order valence-electron chi connectivity index (χ0n) is 10.8. The van der Waals surface area contributed by atoms with E-state index in [2.05, 4.69) is 21.2 Å². The van der Waals surface area contributed by atoms with Gasteiger partial charge in [-0.2, -0.15) is 5.26 Å². The Kier molecular flexibility index (Phi) is 3.67. The molecule has 6 heteroatoms. The third kappa shape index (κ3) is 2.78. The second kappa shape index (κ2) is 5.62. The number of nitrogens with zero attached hydrogens (tertiary/aromatic N) is 1. The molecule has 1 aliphatic rings. The van der Waals surface area contributed by atoms with Gasteiger partial charge >= 0.3 is 0 Å². The molecule has 0 radical (unpaired) electrons. The maximum atomic E-state index is 13.8. The smallest absolute Gasteiger partial charge is 0.231 e. The summed E-state index contributed by atoms with van der Waals surface area (Å²) in [4.78, 5) is 0. The average Bonchev–Trinajstić information content (AvgIpc) is 2.95. The van der Waals surface area contributed by atoms with Crippen molar-refractivity contribution in [3.63, 3.8) is 0 Å². The third-order valence-electron chi connectivity index (χ3n) is 3.07. The number of halogens is 2. The normalized spacial score (nSPS) is 12.0. The Morgan fingerprint density at radius 1 is 1.29 bits per heavy atom. The topological polar surface area (TPSA) is 54.3 Å². The van der Waals surface area contributed by atoms with Crippen molar-refractivity contribution < 1.29 is 13.9 Å². The van der Waals surface area contributed by atoms with Crippen molar-refractivity contribution in [1.29, 1.82) is 5.26 Å². The Morgan fingerprint density at radius 2 is 2.14 bits per heavy atom. The Morgan fingerprint density at radius 3 is 2.90 bits per heavy atom. The van der Waals surface area contributed by atoms with Crippen LogP contribution in [-0.4, -0.2) is 6.79 Å². The van der Waals surface area contributed by atoms with E-state index in [0.717, 1.165) is 10.0 Å². The number of fused-ring (bicyclic) bond motifs is 1. The monoisotopic (exact) mass is 348 g/mol. The van der Waals surface area contributed by atoms with Gasteiger partial charge in [-0.25, -0.2) is 4.39 Å². The molecule has 0 fully saturated rings. The third-order valence-corrected chi connectivity index (χ3v) is 3.66. The molecule has 106 valence electrons. The summed E-state index contributed by atoms with van der Waals surface area (Å²) in [5, 5.41) is 11.7. The highest BCUT2D eigenvalue weighted by Crippen LogP contribution is 2.40. The summed E-state index contributed by atoms with van der Waals surface area (Å²) in [5.74, 6) is 0.902. The van der Waals surface area contributed by atoms with Crippen LogP contribution in [0.1, 0.15) is 11.1 Å². The molecule has 2 aromatic rings. The summed E-state index contributed by atoms with van der Waals surface area (Å²) in [6.07, 6.45) is 0. The molecular formula is C15H10BrFN2O2. The summed E-state index contributed by atoms with van der Waals surface area (Å²) < 4.78 is 25.2. The van der Waals surface area contributed by atoms with E-state index in [1.165, 1.54) is 6.07 Å². The average molecular weight is 349 g/mol. The van der Waals surface area contributed by atoms with Crippen LogP contribution in [0.15, 0.2) is 34.8 Å². The van der Waals surface area contributed by atoms with Crippen molar-refractivity contribution in [3.05, 3.63) is 51.7 Å². The van der Waals surface area contributed by atoms with E-state index in [1.807, 2.05) is 18.2 Å². The molecule has 4 nitrogen and oxygen atoms in total. The molecule has 0 spiro atoms. The highest BCUT2D eigenvalue weighted by Gasteiger charge is 2.17. The molecule has 0 unspecified atom stereocenters. The SMILES string of the molecule is N#Cc1ccc(NCc2cc(Br)c3c(c2)OCO3)c(F)c1. The lowest BCUT2D eigenvalue weighted by molar-refractivity contribution is 0.173. The summed E-state index contributed by atoms with van der Waals surface area (Å²) in [6.45, 7) is 0.632. The first-order valence-corrected chi connectivity index (χ1v) is 6.98. The summed E-state index contributed by atoms with van der Waals surface area (Å²) in [7, 11) is 0. The highest BCUT2D eigenvalue weighted by atomic mass is 79.9. The molecule has 0 aliphatic carbocycles. The first-order chi connectivity index (χ1) is 10.2. The molecule has 0 aromatic heterocycles. The molecule has 1 N–H and O–H groups in total. The second-order valence-electron chi connectivity index (χ2n) is 4.47. The van der Waals surface area contributed by atoms with Gasteiger partial charge in [0.2, 0.25) is 6.79 Å². The fraction of sp³-hybridized carbons (Fsp3) is 0.133. The minimum atomic E-state index is -0.450. The zero-order valence-corrected chi connectivity index (χ0v) is 12.4. The largest absolute Gasteiger partial charge is 0.454 e. The molecular weight excluding hydrogens is 339 g/mol. The van der Waals surface area contributed by atoms with E-state index in [-0.39, 0.29) is 6.79 Å². The van der Waals surface area contributed by atoms with Crippen molar-refractivity contribution in [2.75, 3.05) is 12.1 Å². The van der Waals surface area contributed by atoms with Gasteiger partial charge in [-0.15, -0.1) is 0 Å². The molecule has 1 heterocycles. The van der Waals surface area contributed by atoms with E-state index in [9.17, 15) is 4.39 Å². The Balaban J connectivity index is 1.77. The predicted molar refractivity (Wildman–Crippen MR) is 78.7 cm³/mol. The molecule has 1 aliphatic heterocycles. The molecule has 0 atom stereocenters. The Hall–Kier alpha value is -2.26. The lowest BCUT2D eigenvalue weighted by atomic mass is 10.1. The van der Waals surface area contributed by atoms with Crippen LogP contribution in [0.5, 0.6) is 11.5 Å². The van der Waals surface area contributed by atoms with Gasteiger partial charge < -0.3 is 14.8 Å². The first-order valence-electron chi connectivity index (χ1n) is 6.19. The molecule has 0 amide bonds. The summed E-state index contributed by atoms with van der Waals surface area (Å²) in [6, 6.07) is 9.97. The lowest BCUT2D eigenvalue weighted by Gasteiger charge is -2.09. The van der Waals surface area contributed by atoms with E-state index in [4.69, 9.17) is 14.7 Å². The van der Waals surface area contributed by atoms with Crippen molar-refractivity contribution in [2.45, 2.75) is 6.54 Å². The minimum Gasteiger partial charge on any atom is -0.454 e. The Bertz CT molecular complexity index is 743. The standard InChI is InChI=1S/C15H10BrFN2O2/c16-11-3-10(5-14-15(11)21-8-20-14)7-19-13-2-1-9(6-18)4-12(13)17/h1-5,19H,7-8H2.